The number of ketones is 2. The van der Waals surface area contributed by atoms with E-state index in [1.54, 1.807) is 27.0 Å². The number of thioether (sulfide) groups is 1. The summed E-state index contributed by atoms with van der Waals surface area (Å²) in [5.74, 6) is -6.27. The molecule has 1 aromatic rings. The molecule has 4 aliphatic heterocycles. The molecule has 0 aromatic heterocycles. The minimum absolute atomic E-state index is 0.0228. The number of fused-ring (bicyclic) bond motifs is 3. The first-order valence-corrected chi connectivity index (χ1v) is 26.7. The Hall–Kier alpha value is -3.90. The van der Waals surface area contributed by atoms with Crippen LogP contribution in [0.4, 0.5) is 0 Å². The molecular formula is C55H79NO14S. The van der Waals surface area contributed by atoms with Crippen molar-refractivity contribution >= 4 is 41.2 Å². The zero-order valence-electron chi connectivity index (χ0n) is 43.1. The Morgan fingerprint density at radius 2 is 1.59 bits per heavy atom. The van der Waals surface area contributed by atoms with Gasteiger partial charge >= 0.3 is 11.9 Å². The largest absolute Gasteiger partial charge is 0.479 e. The lowest BCUT2D eigenvalue weighted by molar-refractivity contribution is -0.302. The molecule has 0 spiro atoms. The number of aliphatic hydroxyl groups is 2. The van der Waals surface area contributed by atoms with Gasteiger partial charge in [-0.2, -0.15) is 11.8 Å². The molecule has 71 heavy (non-hydrogen) atoms. The van der Waals surface area contributed by atoms with Crippen LogP contribution in [0.3, 0.4) is 0 Å². The summed E-state index contributed by atoms with van der Waals surface area (Å²) in [5, 5.41) is 24.3. The van der Waals surface area contributed by atoms with Gasteiger partial charge in [-0.1, -0.05) is 58.1 Å². The van der Waals surface area contributed by atoms with E-state index in [-0.39, 0.29) is 66.7 Å². The molecule has 6 rings (SSSR count). The van der Waals surface area contributed by atoms with E-state index < -0.39 is 77.9 Å². The number of esters is 2. The predicted molar refractivity (Wildman–Crippen MR) is 268 cm³/mol. The molecule has 3 saturated heterocycles. The van der Waals surface area contributed by atoms with Crippen LogP contribution >= 0.6 is 11.8 Å². The lowest BCUT2D eigenvalue weighted by Crippen LogP contribution is -2.64. The molecule has 2 bridgehead atoms. The van der Waals surface area contributed by atoms with Crippen LogP contribution in [0.25, 0.3) is 0 Å². The van der Waals surface area contributed by atoms with Gasteiger partial charge < -0.3 is 48.3 Å². The molecule has 5 aliphatic rings. The van der Waals surface area contributed by atoms with E-state index >= 15 is 0 Å². The lowest BCUT2D eigenvalue weighted by Gasteiger charge is -2.47. The minimum atomic E-state index is -2.52. The van der Waals surface area contributed by atoms with Crippen molar-refractivity contribution < 1.29 is 67.3 Å². The molecule has 1 amide bonds. The van der Waals surface area contributed by atoms with Crippen molar-refractivity contribution in [2.24, 2.45) is 29.6 Å². The summed E-state index contributed by atoms with van der Waals surface area (Å²) in [6.45, 7) is 13.7. The molecule has 4 fully saturated rings. The normalized spacial score (nSPS) is 36.5. The van der Waals surface area contributed by atoms with Gasteiger partial charge in [-0.05, 0) is 118 Å². The highest BCUT2D eigenvalue weighted by atomic mass is 32.2. The Morgan fingerprint density at radius 3 is 2.25 bits per heavy atom. The van der Waals surface area contributed by atoms with E-state index in [4.69, 9.17) is 33.2 Å². The van der Waals surface area contributed by atoms with Crippen LogP contribution in [0, 0.1) is 29.6 Å². The fourth-order valence-electron chi connectivity index (χ4n) is 11.2. The first kappa shape index (κ1) is 56.4. The summed E-state index contributed by atoms with van der Waals surface area (Å²) in [7, 11) is 4.78. The van der Waals surface area contributed by atoms with Gasteiger partial charge in [0, 0.05) is 63.6 Å². The van der Waals surface area contributed by atoms with Gasteiger partial charge in [-0.25, -0.2) is 9.59 Å². The summed E-state index contributed by atoms with van der Waals surface area (Å²) in [6, 6.07) is 6.60. The number of hydrogen-bond acceptors (Lipinski definition) is 15. The fraction of sp³-hybridized carbons (Fsp3) is 0.691. The van der Waals surface area contributed by atoms with E-state index in [0.717, 1.165) is 24.2 Å². The maximum absolute atomic E-state index is 14.6. The second-order valence-corrected chi connectivity index (χ2v) is 22.0. The third-order valence-corrected chi connectivity index (χ3v) is 16.8. The van der Waals surface area contributed by atoms with Crippen LogP contribution < -0.4 is 4.74 Å². The van der Waals surface area contributed by atoms with E-state index in [2.05, 4.69) is 19.6 Å². The van der Waals surface area contributed by atoms with Crippen molar-refractivity contribution in [3.05, 3.63) is 65.8 Å². The number of carbonyl (C=O) groups is 5. The number of amides is 1. The molecule has 15 nitrogen and oxygen atoms in total. The summed E-state index contributed by atoms with van der Waals surface area (Å²) < 4.78 is 41.4. The van der Waals surface area contributed by atoms with E-state index in [1.165, 1.54) is 19.1 Å². The Labute approximate surface area is 424 Å². The van der Waals surface area contributed by atoms with Crippen LogP contribution in [0.2, 0.25) is 0 Å². The van der Waals surface area contributed by atoms with Crippen LogP contribution in [0.15, 0.2) is 60.2 Å². The molecule has 0 radical (unpaired) electrons. The Balaban J connectivity index is 1.25. The molecule has 2 N–H and O–H groups in total. The van der Waals surface area contributed by atoms with E-state index in [1.807, 2.05) is 56.0 Å². The summed E-state index contributed by atoms with van der Waals surface area (Å²) >= 11 is 1.82. The maximum Gasteiger partial charge on any atom is 0.347 e. The number of nitrogens with zero attached hydrogens (tertiary/aromatic N) is 1. The zero-order valence-corrected chi connectivity index (χ0v) is 43.9. The van der Waals surface area contributed by atoms with Crippen LogP contribution in [0.5, 0.6) is 5.75 Å². The van der Waals surface area contributed by atoms with Crippen molar-refractivity contribution in [3.8, 4) is 5.75 Å². The first-order valence-electron chi connectivity index (χ1n) is 25.7. The number of cyclic esters (lactones) is 2. The van der Waals surface area contributed by atoms with Crippen LogP contribution in [-0.2, 0) is 58.1 Å². The number of benzene rings is 1. The Bertz CT molecular complexity index is 2080. The Morgan fingerprint density at radius 1 is 0.887 bits per heavy atom. The fourth-order valence-corrected chi connectivity index (χ4v) is 12.6. The van der Waals surface area contributed by atoms with Gasteiger partial charge in [0.1, 0.15) is 24.0 Å². The molecule has 394 valence electrons. The summed E-state index contributed by atoms with van der Waals surface area (Å²) in [6.07, 6.45) is 6.40. The smallest absolute Gasteiger partial charge is 0.347 e. The molecule has 1 saturated carbocycles. The number of Topliss-reactive ketones (excluding diaryl/α,β-unsaturated/α-hetero) is 2. The number of ether oxygens (including phenoxy) is 7. The monoisotopic (exact) mass is 1010 g/mol. The average Bonchev–Trinajstić information content (AvgIpc) is 3.77. The molecule has 15 atom stereocenters. The van der Waals surface area contributed by atoms with Crippen molar-refractivity contribution in [2.75, 3.05) is 34.5 Å². The van der Waals surface area contributed by atoms with Crippen LogP contribution in [-0.4, -0.2) is 139 Å². The Kier molecular flexibility index (Phi) is 20.5. The zero-order chi connectivity index (χ0) is 51.6. The summed E-state index contributed by atoms with van der Waals surface area (Å²) in [4.78, 5) is 70.6. The van der Waals surface area contributed by atoms with Gasteiger partial charge in [0.05, 0.1) is 31.0 Å². The second kappa shape index (κ2) is 25.9. The highest BCUT2D eigenvalue weighted by Crippen LogP contribution is 2.40. The molecule has 16 heteroatoms. The molecule has 1 aliphatic carbocycles. The highest BCUT2D eigenvalue weighted by Gasteiger charge is 2.56. The van der Waals surface area contributed by atoms with Gasteiger partial charge in [0.25, 0.3) is 11.7 Å². The number of piperidine rings is 1. The minimum Gasteiger partial charge on any atom is -0.479 e. The standard InChI is InChI=1S/C55H79NO14S/c1-10-13-39-25-32(2)24-33(3)26-46(65-8)50-47(66-9)28-35(5)55(63,70-50)51(59)52(60)56-22-12-11-14-41(56)53(61)69-49(36(6)42(57)30-43(39)58)34(4)27-38-17-20-48(45(29-38)64-7)71-31-37-15-18-40(19-16-37)68-44-21-23-67-54(44)62/h10,15-16,18-19,25,27,32-33,35-36,38,41-42,44-50,57,63H,1,11-14,17,20-24,26,28-31H2,2-9H3/t32?,33-,35+,36+,38-,41-,42-,44-,45+,46-,47-,48?,49+,50?,55+/m0/s1. The third kappa shape index (κ3) is 14.0. The average molecular weight is 1010 g/mol. The van der Waals surface area contributed by atoms with Gasteiger partial charge in [0.15, 0.2) is 11.9 Å². The molecule has 1 aromatic carbocycles. The van der Waals surface area contributed by atoms with Gasteiger partial charge in [0.2, 0.25) is 5.79 Å². The first-order chi connectivity index (χ1) is 33.9. The van der Waals surface area contributed by atoms with Crippen molar-refractivity contribution in [1.29, 1.82) is 0 Å². The maximum atomic E-state index is 14.6. The number of methoxy groups -OCH3 is 3. The van der Waals surface area contributed by atoms with Crippen molar-refractivity contribution in [1.82, 2.24) is 4.90 Å². The molecule has 4 heterocycles. The number of allylic oxidation sites excluding steroid dienone is 4. The third-order valence-electron chi connectivity index (χ3n) is 15.4. The molecular weight excluding hydrogens is 931 g/mol. The number of hydrogen-bond donors (Lipinski definition) is 2. The number of carbonyl (C=O) groups excluding carboxylic acids is 5. The van der Waals surface area contributed by atoms with E-state index in [0.29, 0.717) is 68.4 Å². The molecule has 3 unspecified atom stereocenters. The quantitative estimate of drug-likeness (QED) is 0.121. The topological polar surface area (TPSA) is 194 Å². The number of aliphatic hydroxyl groups excluding tert-OH is 1. The van der Waals surface area contributed by atoms with Crippen LogP contribution in [0.1, 0.15) is 117 Å². The van der Waals surface area contributed by atoms with Gasteiger partial charge in [-0.3, -0.25) is 14.4 Å². The lowest BCUT2D eigenvalue weighted by atomic mass is 9.81. The SMILES string of the molecule is C=CCC1=CC(C)C[C@H](C)C[C@H](OC)C2O[C@@](O)(C(=O)C(=O)N3CCCC[C@H]3C(=O)O[C@H](C(C)=C[C@@H]3CCC(SCc4ccc(O[C@H]5CCOC5=O)cc4)[C@H](OC)C3)[C@H](C)[C@@H](O)CC1=O)[C@H](C)C[C@@H]2OC. The second-order valence-electron chi connectivity index (χ2n) is 20.8. The highest BCUT2D eigenvalue weighted by molar-refractivity contribution is 7.99. The van der Waals surface area contributed by atoms with Crippen molar-refractivity contribution in [3.63, 3.8) is 0 Å². The van der Waals surface area contributed by atoms with E-state index in [9.17, 15) is 34.2 Å². The van der Waals surface area contributed by atoms with Crippen molar-refractivity contribution in [2.45, 2.75) is 177 Å². The predicted octanol–water partition coefficient (Wildman–Crippen LogP) is 7.27. The number of rotatable bonds is 12. The van der Waals surface area contributed by atoms with Gasteiger partial charge in [-0.15, -0.1) is 6.58 Å². The summed E-state index contributed by atoms with van der Waals surface area (Å²) in [5.41, 5.74) is 2.34.